The van der Waals surface area contributed by atoms with Gasteiger partial charge >= 0.3 is 6.18 Å². The summed E-state index contributed by atoms with van der Waals surface area (Å²) >= 11 is 0. The largest absolute Gasteiger partial charge is 0.395 e. The highest BCUT2D eigenvalue weighted by molar-refractivity contribution is 5.64. The second kappa shape index (κ2) is 7.17. The lowest BCUT2D eigenvalue weighted by Crippen LogP contribution is -2.44. The van der Waals surface area contributed by atoms with Crippen molar-refractivity contribution in [2.45, 2.75) is 19.1 Å². The van der Waals surface area contributed by atoms with Crippen LogP contribution in [-0.4, -0.2) is 37.6 Å². The lowest BCUT2D eigenvalue weighted by atomic mass is 10.1. The Morgan fingerprint density at radius 2 is 1.79 bits per heavy atom. The van der Waals surface area contributed by atoms with Gasteiger partial charge in [0, 0.05) is 24.3 Å². The van der Waals surface area contributed by atoms with E-state index in [4.69, 9.17) is 4.74 Å². The van der Waals surface area contributed by atoms with Crippen LogP contribution in [0.3, 0.4) is 0 Å². The van der Waals surface area contributed by atoms with Crippen molar-refractivity contribution >= 4 is 5.82 Å². The lowest BCUT2D eigenvalue weighted by Gasteiger charge is -2.26. The third-order valence-electron chi connectivity index (χ3n) is 3.87. The minimum absolute atomic E-state index is 0.193. The van der Waals surface area contributed by atoms with Crippen LogP contribution in [-0.2, 0) is 11.3 Å². The van der Waals surface area contributed by atoms with Crippen molar-refractivity contribution in [2.24, 2.45) is 0 Å². The molecule has 0 aliphatic carbocycles. The molecule has 0 spiro atoms. The van der Waals surface area contributed by atoms with Gasteiger partial charge in [0.15, 0.2) is 12.4 Å². The number of alkyl halides is 3. The molecule has 0 radical (unpaired) electrons. The minimum Gasteiger partial charge on any atom is -0.378 e. The summed E-state index contributed by atoms with van der Waals surface area (Å²) in [6.45, 7) is 2.37. The van der Waals surface area contributed by atoms with E-state index >= 15 is 0 Å². The lowest BCUT2D eigenvalue weighted by molar-refractivity contribution is -0.755. The molecule has 1 aliphatic heterocycles. The van der Waals surface area contributed by atoms with E-state index in [0.717, 1.165) is 11.1 Å². The number of halogens is 3. The smallest absolute Gasteiger partial charge is 0.378 e. The van der Waals surface area contributed by atoms with Gasteiger partial charge in [0.1, 0.15) is 6.42 Å². The van der Waals surface area contributed by atoms with Gasteiger partial charge in [-0.25, -0.2) is 0 Å². The first-order valence-corrected chi connectivity index (χ1v) is 7.88. The fourth-order valence-electron chi connectivity index (χ4n) is 2.62. The van der Waals surface area contributed by atoms with E-state index in [1.54, 1.807) is 6.20 Å². The summed E-state index contributed by atoms with van der Waals surface area (Å²) in [5.41, 5.74) is 1.81. The number of hydrogen-bond acceptors (Lipinski definition) is 3. The second-order valence-electron chi connectivity index (χ2n) is 5.68. The molecule has 0 bridgehead atoms. The molecule has 1 fully saturated rings. The molecular formula is C17H19F3N3O+. The van der Waals surface area contributed by atoms with Crippen LogP contribution in [0.25, 0.3) is 11.1 Å². The molecule has 0 amide bonds. The highest BCUT2D eigenvalue weighted by atomic mass is 19.4. The van der Waals surface area contributed by atoms with Crippen molar-refractivity contribution in [1.29, 1.82) is 0 Å². The number of benzene rings is 1. The Morgan fingerprint density at radius 3 is 2.46 bits per heavy atom. The van der Waals surface area contributed by atoms with Crippen molar-refractivity contribution < 1.29 is 22.6 Å². The molecule has 1 aromatic heterocycles. The normalized spacial score (nSPS) is 15.5. The summed E-state index contributed by atoms with van der Waals surface area (Å²) in [6, 6.07) is 11.5. The van der Waals surface area contributed by atoms with Crippen LogP contribution in [0.5, 0.6) is 0 Å². The van der Waals surface area contributed by atoms with Gasteiger partial charge in [0.25, 0.3) is 0 Å². The summed E-state index contributed by atoms with van der Waals surface area (Å²) in [6.07, 6.45) is -3.42. The molecule has 0 saturated carbocycles. The Balaban J connectivity index is 1.92. The maximum atomic E-state index is 12.6. The zero-order chi connectivity index (χ0) is 17.0. The van der Waals surface area contributed by atoms with Crippen molar-refractivity contribution in [3.05, 3.63) is 42.6 Å². The molecule has 0 atom stereocenters. The molecule has 1 saturated heterocycles. The van der Waals surface area contributed by atoms with E-state index in [1.165, 1.54) is 4.68 Å². The number of rotatable bonds is 4. The SMILES string of the molecule is FC(F)(F)CC[n+]1cc(-c2ccccc2)cc(N2CCOCC2)n1. The van der Waals surface area contributed by atoms with Gasteiger partial charge in [0.2, 0.25) is 6.20 Å². The maximum Gasteiger partial charge on any atom is 0.395 e. The molecule has 1 aromatic carbocycles. The molecular weight excluding hydrogens is 319 g/mol. The zero-order valence-electron chi connectivity index (χ0n) is 13.2. The standard InChI is InChI=1S/C17H19F3N3O/c18-17(19,20)6-7-23-13-15(14-4-2-1-3-5-14)12-16(21-23)22-8-10-24-11-9-22/h1-5,12-13H,6-11H2/q+1. The first kappa shape index (κ1) is 16.7. The van der Waals surface area contributed by atoms with Crippen LogP contribution in [0.2, 0.25) is 0 Å². The summed E-state index contributed by atoms with van der Waals surface area (Å²) in [4.78, 5) is 2.04. The van der Waals surface area contributed by atoms with Gasteiger partial charge in [-0.3, -0.25) is 0 Å². The van der Waals surface area contributed by atoms with Crippen molar-refractivity contribution in [3.8, 4) is 11.1 Å². The molecule has 24 heavy (non-hydrogen) atoms. The topological polar surface area (TPSA) is 29.2 Å². The number of ether oxygens (including phenoxy) is 1. The third-order valence-corrected chi connectivity index (χ3v) is 3.87. The van der Waals surface area contributed by atoms with E-state index in [9.17, 15) is 13.2 Å². The van der Waals surface area contributed by atoms with Gasteiger partial charge in [-0.15, -0.1) is 0 Å². The van der Waals surface area contributed by atoms with E-state index in [2.05, 4.69) is 5.10 Å². The van der Waals surface area contributed by atoms with Crippen molar-refractivity contribution in [1.82, 2.24) is 5.10 Å². The predicted molar refractivity (Wildman–Crippen MR) is 83.6 cm³/mol. The van der Waals surface area contributed by atoms with Crippen LogP contribution in [0.4, 0.5) is 19.0 Å². The molecule has 3 rings (SSSR count). The molecule has 4 nitrogen and oxygen atoms in total. The third kappa shape index (κ3) is 4.44. The minimum atomic E-state index is -4.20. The van der Waals surface area contributed by atoms with Gasteiger partial charge in [-0.05, 0) is 5.56 Å². The quantitative estimate of drug-likeness (QED) is 0.803. The number of morpholine rings is 1. The fraction of sp³-hybridized carbons (Fsp3) is 0.412. The van der Waals surface area contributed by atoms with Crippen LogP contribution in [0, 0.1) is 0 Å². The van der Waals surface area contributed by atoms with Crippen molar-refractivity contribution in [2.75, 3.05) is 31.2 Å². The highest BCUT2D eigenvalue weighted by Gasteiger charge is 2.30. The zero-order valence-corrected chi connectivity index (χ0v) is 13.2. The van der Waals surface area contributed by atoms with E-state index < -0.39 is 12.6 Å². The number of aryl methyl sites for hydroxylation is 1. The molecule has 2 heterocycles. The van der Waals surface area contributed by atoms with Crippen LogP contribution < -0.4 is 9.58 Å². The summed E-state index contributed by atoms with van der Waals surface area (Å²) in [7, 11) is 0. The first-order chi connectivity index (χ1) is 11.5. The second-order valence-corrected chi connectivity index (χ2v) is 5.68. The van der Waals surface area contributed by atoms with Crippen LogP contribution in [0.15, 0.2) is 42.6 Å². The summed E-state index contributed by atoms with van der Waals surface area (Å²) < 4.78 is 44.4. The summed E-state index contributed by atoms with van der Waals surface area (Å²) in [5, 5.41) is 4.37. The Morgan fingerprint density at radius 1 is 1.08 bits per heavy atom. The van der Waals surface area contributed by atoms with Gasteiger partial charge in [0.05, 0.1) is 18.8 Å². The number of hydrogen-bond donors (Lipinski definition) is 0. The van der Waals surface area contributed by atoms with Crippen LogP contribution in [0.1, 0.15) is 6.42 Å². The Hall–Kier alpha value is -2.15. The van der Waals surface area contributed by atoms with Gasteiger partial charge in [-0.2, -0.15) is 13.2 Å². The summed E-state index contributed by atoms with van der Waals surface area (Å²) in [5.74, 6) is 0.682. The average molecular weight is 338 g/mol. The van der Waals surface area contributed by atoms with Gasteiger partial charge < -0.3 is 9.64 Å². The monoisotopic (exact) mass is 338 g/mol. The molecule has 0 unspecified atom stereocenters. The van der Waals surface area contributed by atoms with E-state index in [0.29, 0.717) is 32.1 Å². The number of nitrogens with zero attached hydrogens (tertiary/aromatic N) is 3. The highest BCUT2D eigenvalue weighted by Crippen LogP contribution is 2.23. The number of aromatic nitrogens is 2. The Labute approximate surface area is 138 Å². The van der Waals surface area contributed by atoms with Crippen molar-refractivity contribution in [3.63, 3.8) is 0 Å². The average Bonchev–Trinajstić information content (AvgIpc) is 2.61. The number of anilines is 1. The molecule has 0 N–H and O–H groups in total. The molecule has 128 valence electrons. The molecule has 7 heteroatoms. The predicted octanol–water partition coefficient (Wildman–Crippen LogP) is 2.83. The fourth-order valence-corrected chi connectivity index (χ4v) is 2.62. The van der Waals surface area contributed by atoms with Gasteiger partial charge in [-0.1, -0.05) is 35.0 Å². The maximum absolute atomic E-state index is 12.6. The first-order valence-electron chi connectivity index (χ1n) is 7.88. The Kier molecular flexibility index (Phi) is 4.99. The molecule has 1 aliphatic rings. The Bertz CT molecular complexity index is 671. The molecule has 2 aromatic rings. The van der Waals surface area contributed by atoms with Crippen LogP contribution >= 0.6 is 0 Å². The van der Waals surface area contributed by atoms with E-state index in [1.807, 2.05) is 41.3 Å². The van der Waals surface area contributed by atoms with E-state index in [-0.39, 0.29) is 6.54 Å².